The van der Waals surface area contributed by atoms with Gasteiger partial charge in [-0.3, -0.25) is 4.79 Å². The molecule has 1 aliphatic heterocycles. The van der Waals surface area contributed by atoms with Crippen LogP contribution < -0.4 is 10.6 Å². The molecule has 5 nitrogen and oxygen atoms in total. The lowest BCUT2D eigenvalue weighted by molar-refractivity contribution is -0.137. The average Bonchev–Trinajstić information content (AvgIpc) is 2.93. The molecule has 3 atom stereocenters. The Kier molecular flexibility index (Phi) is 3.46. The van der Waals surface area contributed by atoms with Gasteiger partial charge in [-0.25, -0.2) is 4.98 Å². The van der Waals surface area contributed by atoms with Crippen molar-refractivity contribution in [3.8, 4) is 0 Å². The molecule has 3 heterocycles. The van der Waals surface area contributed by atoms with Crippen LogP contribution in [0, 0.1) is 17.8 Å². The van der Waals surface area contributed by atoms with Crippen molar-refractivity contribution < 1.29 is 4.79 Å². The van der Waals surface area contributed by atoms with Gasteiger partial charge in [0.2, 0.25) is 5.91 Å². The molecule has 1 saturated heterocycles. The van der Waals surface area contributed by atoms with Gasteiger partial charge in [-0.2, -0.15) is 0 Å². The normalized spacial score (nSPS) is 28.2. The first-order chi connectivity index (χ1) is 10.6. The van der Waals surface area contributed by atoms with Crippen molar-refractivity contribution in [3.05, 3.63) is 34.8 Å². The second-order valence-electron chi connectivity index (χ2n) is 6.40. The smallest absolute Gasteiger partial charge is 0.224 e. The fourth-order valence-electron chi connectivity index (χ4n) is 3.88. The zero-order valence-electron chi connectivity index (χ0n) is 12.4. The van der Waals surface area contributed by atoms with E-state index in [0.717, 1.165) is 28.9 Å². The summed E-state index contributed by atoms with van der Waals surface area (Å²) < 4.78 is 3.03. The SMILES string of the molecule is CC(NC(=O)C1C2CNCC1C2)c1ncc2c(Br)cccn12. The lowest BCUT2D eigenvalue weighted by Gasteiger charge is -2.48. The number of imidazole rings is 1. The summed E-state index contributed by atoms with van der Waals surface area (Å²) in [5, 5.41) is 6.54. The van der Waals surface area contributed by atoms with E-state index in [4.69, 9.17) is 0 Å². The van der Waals surface area contributed by atoms with Crippen LogP contribution in [0.2, 0.25) is 0 Å². The fourth-order valence-corrected chi connectivity index (χ4v) is 4.32. The van der Waals surface area contributed by atoms with Crippen LogP contribution in [0.3, 0.4) is 0 Å². The molecule has 1 saturated carbocycles. The Morgan fingerprint density at radius 1 is 1.50 bits per heavy atom. The Labute approximate surface area is 137 Å². The lowest BCUT2D eigenvalue weighted by atomic mass is 9.62. The van der Waals surface area contributed by atoms with Crippen LogP contribution in [-0.2, 0) is 4.79 Å². The molecule has 22 heavy (non-hydrogen) atoms. The van der Waals surface area contributed by atoms with Crippen LogP contribution in [-0.4, -0.2) is 28.4 Å². The van der Waals surface area contributed by atoms with Gasteiger partial charge in [0.25, 0.3) is 0 Å². The third-order valence-electron chi connectivity index (χ3n) is 5.03. The van der Waals surface area contributed by atoms with Crippen LogP contribution >= 0.6 is 15.9 Å². The zero-order valence-corrected chi connectivity index (χ0v) is 14.0. The molecule has 3 unspecified atom stereocenters. The number of amides is 1. The molecule has 2 aromatic rings. The maximum Gasteiger partial charge on any atom is 0.224 e. The van der Waals surface area contributed by atoms with Gasteiger partial charge in [0, 0.05) is 16.6 Å². The molecular weight excluding hydrogens is 344 g/mol. The molecule has 2 aliphatic rings. The molecule has 0 spiro atoms. The molecule has 0 aromatic carbocycles. The molecule has 1 aliphatic carbocycles. The monoisotopic (exact) mass is 362 g/mol. The van der Waals surface area contributed by atoms with E-state index in [9.17, 15) is 4.79 Å². The number of nitrogens with zero attached hydrogens (tertiary/aromatic N) is 2. The van der Waals surface area contributed by atoms with Crippen molar-refractivity contribution in [2.24, 2.45) is 17.8 Å². The Morgan fingerprint density at radius 3 is 3.00 bits per heavy atom. The number of hydrogen-bond donors (Lipinski definition) is 2. The van der Waals surface area contributed by atoms with Crippen LogP contribution in [0.1, 0.15) is 25.2 Å². The Balaban J connectivity index is 1.53. The first-order valence-corrected chi connectivity index (χ1v) is 8.57. The second kappa shape index (κ2) is 5.35. The predicted octanol–water partition coefficient (Wildman–Crippen LogP) is 2.13. The van der Waals surface area contributed by atoms with Crippen molar-refractivity contribution in [1.29, 1.82) is 0 Å². The van der Waals surface area contributed by atoms with E-state index in [1.165, 1.54) is 6.42 Å². The third kappa shape index (κ3) is 2.16. The molecule has 4 rings (SSSR count). The highest BCUT2D eigenvalue weighted by atomic mass is 79.9. The number of fused-ring (bicyclic) bond motifs is 3. The molecule has 2 fully saturated rings. The predicted molar refractivity (Wildman–Crippen MR) is 87.4 cm³/mol. The molecule has 1 amide bonds. The van der Waals surface area contributed by atoms with Gasteiger partial charge in [0.15, 0.2) is 0 Å². The number of nitrogens with one attached hydrogen (secondary N) is 2. The van der Waals surface area contributed by atoms with E-state index in [1.54, 1.807) is 0 Å². The molecule has 0 radical (unpaired) electrons. The Hall–Kier alpha value is -1.40. The highest BCUT2D eigenvalue weighted by Gasteiger charge is 2.47. The fraction of sp³-hybridized carbons (Fsp3) is 0.500. The van der Waals surface area contributed by atoms with Crippen molar-refractivity contribution in [1.82, 2.24) is 20.0 Å². The van der Waals surface area contributed by atoms with Crippen molar-refractivity contribution in [2.45, 2.75) is 19.4 Å². The van der Waals surface area contributed by atoms with Crippen LogP contribution in [0.4, 0.5) is 0 Å². The summed E-state index contributed by atoms with van der Waals surface area (Å²) in [5.41, 5.74) is 1.02. The summed E-state index contributed by atoms with van der Waals surface area (Å²) in [7, 11) is 0. The van der Waals surface area contributed by atoms with Crippen LogP contribution in [0.25, 0.3) is 5.52 Å². The van der Waals surface area contributed by atoms with Crippen LogP contribution in [0.15, 0.2) is 29.0 Å². The summed E-state index contributed by atoms with van der Waals surface area (Å²) in [6, 6.07) is 3.87. The largest absolute Gasteiger partial charge is 0.346 e. The molecule has 2 bridgehead atoms. The zero-order chi connectivity index (χ0) is 15.3. The molecule has 116 valence electrons. The minimum atomic E-state index is -0.0985. The first kappa shape index (κ1) is 14.2. The van der Waals surface area contributed by atoms with Gasteiger partial charge in [-0.1, -0.05) is 0 Å². The number of halogens is 1. The van der Waals surface area contributed by atoms with E-state index in [1.807, 2.05) is 35.9 Å². The van der Waals surface area contributed by atoms with Gasteiger partial charge >= 0.3 is 0 Å². The van der Waals surface area contributed by atoms with E-state index in [0.29, 0.717) is 11.8 Å². The number of hydrogen-bond acceptors (Lipinski definition) is 3. The van der Waals surface area contributed by atoms with Gasteiger partial charge in [-0.15, -0.1) is 0 Å². The summed E-state index contributed by atoms with van der Waals surface area (Å²) >= 11 is 3.53. The third-order valence-corrected chi connectivity index (χ3v) is 5.70. The van der Waals surface area contributed by atoms with Gasteiger partial charge in [0.05, 0.1) is 17.8 Å². The number of carbonyl (C=O) groups excluding carboxylic acids is 1. The minimum absolute atomic E-state index is 0.0985. The summed E-state index contributed by atoms with van der Waals surface area (Å²) in [5.74, 6) is 2.25. The number of pyridine rings is 1. The second-order valence-corrected chi connectivity index (χ2v) is 7.25. The van der Waals surface area contributed by atoms with E-state index in [2.05, 4.69) is 31.5 Å². The average molecular weight is 363 g/mol. The number of rotatable bonds is 3. The standard InChI is InChI=1S/C16H19BrN4O/c1-9(15-19-8-13-12(17)3-2-4-21(13)15)20-16(22)14-10-5-11(14)7-18-6-10/h2-4,8-11,14,18H,5-7H2,1H3,(H,20,22). The van der Waals surface area contributed by atoms with Crippen molar-refractivity contribution in [2.75, 3.05) is 13.1 Å². The molecule has 2 aromatic heterocycles. The number of aromatic nitrogens is 2. The Bertz CT molecular complexity index is 714. The first-order valence-electron chi connectivity index (χ1n) is 7.77. The minimum Gasteiger partial charge on any atom is -0.346 e. The quantitative estimate of drug-likeness (QED) is 0.879. The van der Waals surface area contributed by atoms with Gasteiger partial charge in [-0.05, 0) is 66.3 Å². The Morgan fingerprint density at radius 2 is 2.27 bits per heavy atom. The molecule has 6 heteroatoms. The summed E-state index contributed by atoms with van der Waals surface area (Å²) in [6.07, 6.45) is 5.01. The maximum atomic E-state index is 12.6. The molecular formula is C16H19BrN4O. The highest BCUT2D eigenvalue weighted by Crippen LogP contribution is 2.42. The van der Waals surface area contributed by atoms with Crippen molar-refractivity contribution >= 4 is 27.4 Å². The maximum absolute atomic E-state index is 12.6. The van der Waals surface area contributed by atoms with Gasteiger partial charge in [0.1, 0.15) is 5.82 Å². The summed E-state index contributed by atoms with van der Waals surface area (Å²) in [6.45, 7) is 3.95. The lowest BCUT2D eigenvalue weighted by Crippen LogP contribution is -2.58. The van der Waals surface area contributed by atoms with Crippen molar-refractivity contribution in [3.63, 3.8) is 0 Å². The number of carbonyl (C=O) groups is 1. The summed E-state index contributed by atoms with van der Waals surface area (Å²) in [4.78, 5) is 17.1. The van der Waals surface area contributed by atoms with Gasteiger partial charge < -0.3 is 15.0 Å². The van der Waals surface area contributed by atoms with E-state index < -0.39 is 0 Å². The van der Waals surface area contributed by atoms with Crippen LogP contribution in [0.5, 0.6) is 0 Å². The van der Waals surface area contributed by atoms with E-state index in [-0.39, 0.29) is 17.9 Å². The molecule has 2 N–H and O–H groups in total. The highest BCUT2D eigenvalue weighted by molar-refractivity contribution is 9.10. The number of piperidine rings is 2. The van der Waals surface area contributed by atoms with E-state index >= 15 is 0 Å². The topological polar surface area (TPSA) is 58.4 Å².